The molecular formula is C22H25ClN2O3S. The molecule has 2 aromatic rings. The van der Waals surface area contributed by atoms with E-state index in [1.54, 1.807) is 30.5 Å². The molecule has 0 bridgehead atoms. The zero-order valence-corrected chi connectivity index (χ0v) is 18.3. The van der Waals surface area contributed by atoms with E-state index >= 15 is 0 Å². The van der Waals surface area contributed by atoms with Crippen LogP contribution in [0.5, 0.6) is 5.75 Å². The largest absolute Gasteiger partial charge is 0.492 e. The molecule has 0 aromatic heterocycles. The standard InChI is InChI=1S/C22H25ClN2O3S/c1-4-28-18-11-6-5-10-17(18)25-19(26)13-29-20(25)15-8-7-9-16(12-15)24-21(27)22(2,3)14-23/h5-12,20H,4,13-14H2,1-3H3,(H,24,27)/t20-/m0/s1. The molecule has 5 nitrogen and oxygen atoms in total. The lowest BCUT2D eigenvalue weighted by molar-refractivity contribution is -0.123. The first-order valence-electron chi connectivity index (χ1n) is 9.50. The summed E-state index contributed by atoms with van der Waals surface area (Å²) in [6.07, 6.45) is 0. The lowest BCUT2D eigenvalue weighted by Crippen LogP contribution is -2.32. The molecule has 0 saturated carbocycles. The molecule has 1 heterocycles. The Bertz CT molecular complexity index is 903. The highest BCUT2D eigenvalue weighted by atomic mass is 35.5. The minimum absolute atomic E-state index is 0.0323. The number of benzene rings is 2. The van der Waals surface area contributed by atoms with Gasteiger partial charge in [0.05, 0.1) is 23.5 Å². The number of thioether (sulfide) groups is 1. The van der Waals surface area contributed by atoms with Gasteiger partial charge in [0.15, 0.2) is 0 Å². The van der Waals surface area contributed by atoms with Gasteiger partial charge in [0.2, 0.25) is 11.8 Å². The summed E-state index contributed by atoms with van der Waals surface area (Å²) >= 11 is 7.47. The van der Waals surface area contributed by atoms with E-state index in [1.165, 1.54) is 0 Å². The van der Waals surface area contributed by atoms with Crippen LogP contribution in [0, 0.1) is 5.41 Å². The number of halogens is 1. The fourth-order valence-electron chi connectivity index (χ4n) is 3.00. The lowest BCUT2D eigenvalue weighted by Gasteiger charge is -2.27. The number of carbonyl (C=O) groups excluding carboxylic acids is 2. The number of para-hydroxylation sites is 2. The Morgan fingerprint density at radius 1 is 1.28 bits per heavy atom. The maximum absolute atomic E-state index is 12.7. The van der Waals surface area contributed by atoms with Crippen molar-refractivity contribution in [1.29, 1.82) is 0 Å². The fourth-order valence-corrected chi connectivity index (χ4v) is 4.28. The van der Waals surface area contributed by atoms with Crippen LogP contribution in [-0.4, -0.2) is 30.1 Å². The molecule has 154 valence electrons. The van der Waals surface area contributed by atoms with Gasteiger partial charge in [-0.2, -0.15) is 0 Å². The predicted octanol–water partition coefficient (Wildman–Crippen LogP) is 5.07. The van der Waals surface area contributed by atoms with Crippen molar-refractivity contribution < 1.29 is 14.3 Å². The van der Waals surface area contributed by atoms with E-state index in [9.17, 15) is 9.59 Å². The molecule has 0 radical (unpaired) electrons. The lowest BCUT2D eigenvalue weighted by atomic mass is 9.95. The van der Waals surface area contributed by atoms with Gasteiger partial charge in [0, 0.05) is 11.6 Å². The number of carbonyl (C=O) groups is 2. The van der Waals surface area contributed by atoms with E-state index in [1.807, 2.05) is 55.5 Å². The van der Waals surface area contributed by atoms with E-state index in [-0.39, 0.29) is 23.1 Å². The molecule has 0 aliphatic carbocycles. The Balaban J connectivity index is 1.90. The molecular weight excluding hydrogens is 408 g/mol. The Kier molecular flexibility index (Phi) is 6.75. The van der Waals surface area contributed by atoms with Crippen molar-refractivity contribution in [2.24, 2.45) is 5.41 Å². The third-order valence-electron chi connectivity index (χ3n) is 4.67. The number of anilines is 2. The van der Waals surface area contributed by atoms with Crippen molar-refractivity contribution in [3.05, 3.63) is 54.1 Å². The number of amides is 2. The summed E-state index contributed by atoms with van der Waals surface area (Å²) in [5.41, 5.74) is 1.71. The summed E-state index contributed by atoms with van der Waals surface area (Å²) < 4.78 is 5.74. The number of nitrogens with zero attached hydrogens (tertiary/aromatic N) is 1. The molecule has 2 amide bonds. The van der Waals surface area contributed by atoms with Crippen LogP contribution in [0.4, 0.5) is 11.4 Å². The molecule has 1 atom stereocenters. The summed E-state index contributed by atoms with van der Waals surface area (Å²) in [4.78, 5) is 27.0. The molecule has 2 aromatic carbocycles. The average molecular weight is 433 g/mol. The van der Waals surface area contributed by atoms with E-state index in [4.69, 9.17) is 16.3 Å². The number of hydrogen-bond acceptors (Lipinski definition) is 4. The second-order valence-corrected chi connectivity index (χ2v) is 8.76. The molecule has 29 heavy (non-hydrogen) atoms. The molecule has 0 unspecified atom stereocenters. The first-order valence-corrected chi connectivity index (χ1v) is 11.1. The second kappa shape index (κ2) is 9.09. The number of nitrogens with one attached hydrogen (secondary N) is 1. The maximum atomic E-state index is 12.7. The van der Waals surface area contributed by atoms with Gasteiger partial charge in [-0.3, -0.25) is 14.5 Å². The molecule has 1 fully saturated rings. The summed E-state index contributed by atoms with van der Waals surface area (Å²) in [6, 6.07) is 15.2. The van der Waals surface area contributed by atoms with Crippen LogP contribution >= 0.6 is 23.4 Å². The monoisotopic (exact) mass is 432 g/mol. The molecule has 7 heteroatoms. The molecule has 3 rings (SSSR count). The molecule has 0 spiro atoms. The van der Waals surface area contributed by atoms with Crippen LogP contribution in [0.15, 0.2) is 48.5 Å². The topological polar surface area (TPSA) is 58.6 Å². The third kappa shape index (κ3) is 4.70. The molecule has 1 aliphatic rings. The number of ether oxygens (including phenoxy) is 1. The summed E-state index contributed by atoms with van der Waals surface area (Å²) in [5, 5.41) is 2.74. The maximum Gasteiger partial charge on any atom is 0.238 e. The Hall–Kier alpha value is -2.18. The normalized spacial score (nSPS) is 16.8. The average Bonchev–Trinajstić information content (AvgIpc) is 3.10. The van der Waals surface area contributed by atoms with Gasteiger partial charge in [-0.05, 0) is 50.6 Å². The zero-order valence-electron chi connectivity index (χ0n) is 16.8. The van der Waals surface area contributed by atoms with Crippen LogP contribution < -0.4 is 15.0 Å². The van der Waals surface area contributed by atoms with Gasteiger partial charge in [0.25, 0.3) is 0 Å². The molecule has 1 N–H and O–H groups in total. The number of rotatable bonds is 7. The summed E-state index contributed by atoms with van der Waals surface area (Å²) in [6.45, 7) is 6.05. The number of hydrogen-bond donors (Lipinski definition) is 1. The zero-order chi connectivity index (χ0) is 21.0. The van der Waals surface area contributed by atoms with Gasteiger partial charge >= 0.3 is 0 Å². The van der Waals surface area contributed by atoms with E-state index < -0.39 is 5.41 Å². The van der Waals surface area contributed by atoms with Gasteiger partial charge in [-0.25, -0.2) is 0 Å². The van der Waals surface area contributed by atoms with Crippen LogP contribution in [0.2, 0.25) is 0 Å². The van der Waals surface area contributed by atoms with Gasteiger partial charge in [-0.1, -0.05) is 24.3 Å². The second-order valence-electron chi connectivity index (χ2n) is 7.42. The van der Waals surface area contributed by atoms with Crippen LogP contribution in [0.1, 0.15) is 31.7 Å². The Morgan fingerprint density at radius 2 is 2.03 bits per heavy atom. The summed E-state index contributed by atoms with van der Waals surface area (Å²) in [5.74, 6) is 1.20. The van der Waals surface area contributed by atoms with E-state index in [2.05, 4.69) is 5.32 Å². The van der Waals surface area contributed by atoms with Gasteiger partial charge < -0.3 is 10.1 Å². The van der Waals surface area contributed by atoms with Crippen molar-refractivity contribution in [2.45, 2.75) is 26.1 Å². The quantitative estimate of drug-likeness (QED) is 0.620. The molecule has 1 saturated heterocycles. The smallest absolute Gasteiger partial charge is 0.238 e. The number of alkyl halides is 1. The minimum Gasteiger partial charge on any atom is -0.492 e. The van der Waals surface area contributed by atoms with Crippen molar-refractivity contribution in [3.63, 3.8) is 0 Å². The third-order valence-corrected chi connectivity index (χ3v) is 6.55. The van der Waals surface area contributed by atoms with Crippen LogP contribution in [-0.2, 0) is 9.59 Å². The first kappa shape index (κ1) is 21.5. The highest BCUT2D eigenvalue weighted by Crippen LogP contribution is 2.45. The van der Waals surface area contributed by atoms with Crippen molar-refractivity contribution in [2.75, 3.05) is 28.5 Å². The highest BCUT2D eigenvalue weighted by molar-refractivity contribution is 8.00. The SMILES string of the molecule is CCOc1ccccc1N1C(=O)CS[C@H]1c1cccc(NC(=O)C(C)(C)CCl)c1. The summed E-state index contributed by atoms with van der Waals surface area (Å²) in [7, 11) is 0. The minimum atomic E-state index is -0.669. The van der Waals surface area contributed by atoms with Crippen molar-refractivity contribution in [1.82, 2.24) is 0 Å². The van der Waals surface area contributed by atoms with Crippen LogP contribution in [0.25, 0.3) is 0 Å². The van der Waals surface area contributed by atoms with Gasteiger partial charge in [-0.15, -0.1) is 23.4 Å². The van der Waals surface area contributed by atoms with Crippen molar-refractivity contribution >= 4 is 46.6 Å². The highest BCUT2D eigenvalue weighted by Gasteiger charge is 2.36. The Labute approximate surface area is 180 Å². The molecule has 1 aliphatic heterocycles. The van der Waals surface area contributed by atoms with E-state index in [0.717, 1.165) is 11.3 Å². The van der Waals surface area contributed by atoms with Gasteiger partial charge in [0.1, 0.15) is 11.1 Å². The predicted molar refractivity (Wildman–Crippen MR) is 120 cm³/mol. The van der Waals surface area contributed by atoms with Crippen molar-refractivity contribution in [3.8, 4) is 5.75 Å². The first-order chi connectivity index (χ1) is 13.9. The Morgan fingerprint density at radius 3 is 2.76 bits per heavy atom. The fraction of sp³-hybridized carbons (Fsp3) is 0.364. The van der Waals surface area contributed by atoms with Crippen LogP contribution in [0.3, 0.4) is 0 Å². The van der Waals surface area contributed by atoms with E-state index in [0.29, 0.717) is 23.8 Å².